The van der Waals surface area contributed by atoms with E-state index in [0.29, 0.717) is 16.8 Å². The zero-order chi connectivity index (χ0) is 13.0. The minimum atomic E-state index is -0.434. The summed E-state index contributed by atoms with van der Waals surface area (Å²) in [5.41, 5.74) is 6.90. The number of aliphatic imine (C=N–C) groups is 1. The van der Waals surface area contributed by atoms with Crippen LogP contribution in [0.4, 0.5) is 5.69 Å². The van der Waals surface area contributed by atoms with E-state index < -0.39 is 5.91 Å². The van der Waals surface area contributed by atoms with Crippen molar-refractivity contribution in [2.24, 2.45) is 4.99 Å². The van der Waals surface area contributed by atoms with Gasteiger partial charge in [0.15, 0.2) is 0 Å². The van der Waals surface area contributed by atoms with E-state index in [1.54, 1.807) is 42.5 Å². The molecule has 90 valence electrons. The monoisotopic (exact) mass is 240 g/mol. The molecule has 0 aliphatic rings. The van der Waals surface area contributed by atoms with Gasteiger partial charge in [-0.3, -0.25) is 4.79 Å². The lowest BCUT2D eigenvalue weighted by Gasteiger charge is -2.00. The number of amides is 1. The summed E-state index contributed by atoms with van der Waals surface area (Å²) in [6.07, 6.45) is 1.32. The van der Waals surface area contributed by atoms with Gasteiger partial charge >= 0.3 is 0 Å². The van der Waals surface area contributed by atoms with Gasteiger partial charge < -0.3 is 10.8 Å². The molecule has 4 heteroatoms. The number of nitrogens with two attached hydrogens (primary N) is 1. The summed E-state index contributed by atoms with van der Waals surface area (Å²) in [6, 6.07) is 13.4. The highest BCUT2D eigenvalue weighted by molar-refractivity contribution is 6.05. The second-order valence-corrected chi connectivity index (χ2v) is 3.71. The minimum Gasteiger partial charge on any atom is -0.507 e. The third kappa shape index (κ3) is 2.55. The summed E-state index contributed by atoms with van der Waals surface area (Å²) < 4.78 is 0. The number of phenols is 1. The molecule has 2 aromatic carbocycles. The number of para-hydroxylation sites is 2. The van der Waals surface area contributed by atoms with E-state index in [-0.39, 0.29) is 5.75 Å². The first-order chi connectivity index (χ1) is 8.68. The van der Waals surface area contributed by atoms with Crippen LogP contribution < -0.4 is 5.73 Å². The van der Waals surface area contributed by atoms with E-state index in [1.165, 1.54) is 12.3 Å². The van der Waals surface area contributed by atoms with Crippen molar-refractivity contribution in [3.63, 3.8) is 0 Å². The highest BCUT2D eigenvalue weighted by atomic mass is 16.3. The molecule has 0 heterocycles. The van der Waals surface area contributed by atoms with Crippen molar-refractivity contribution in [3.8, 4) is 5.75 Å². The highest BCUT2D eigenvalue weighted by Gasteiger charge is 2.06. The van der Waals surface area contributed by atoms with Crippen LogP contribution in [-0.4, -0.2) is 17.2 Å². The van der Waals surface area contributed by atoms with Crippen LogP contribution in [0.25, 0.3) is 0 Å². The molecule has 0 bridgehead atoms. The maximum absolute atomic E-state index is 11.8. The molecule has 1 amide bonds. The molecule has 0 saturated carbocycles. The highest BCUT2D eigenvalue weighted by Crippen LogP contribution is 2.14. The largest absolute Gasteiger partial charge is 0.507 e. The van der Waals surface area contributed by atoms with Crippen molar-refractivity contribution in [3.05, 3.63) is 59.7 Å². The van der Waals surface area contributed by atoms with E-state index in [1.807, 2.05) is 0 Å². The number of hydrogen-bond donors (Lipinski definition) is 2. The molecule has 0 aliphatic carbocycles. The van der Waals surface area contributed by atoms with Crippen LogP contribution in [-0.2, 0) is 0 Å². The van der Waals surface area contributed by atoms with Crippen molar-refractivity contribution in [1.82, 2.24) is 0 Å². The van der Waals surface area contributed by atoms with Crippen LogP contribution in [0.3, 0.4) is 0 Å². The minimum absolute atomic E-state index is 0.0788. The maximum Gasteiger partial charge on any atom is 0.279 e. The number of hydrogen-bond acceptors (Lipinski definition) is 3. The molecule has 18 heavy (non-hydrogen) atoms. The van der Waals surface area contributed by atoms with Crippen LogP contribution in [0.5, 0.6) is 5.75 Å². The van der Waals surface area contributed by atoms with Gasteiger partial charge in [-0.15, -0.1) is 0 Å². The average Bonchev–Trinajstić information content (AvgIpc) is 2.38. The van der Waals surface area contributed by atoms with Gasteiger partial charge in [0.05, 0.1) is 5.56 Å². The Bertz CT molecular complexity index is 606. The predicted octanol–water partition coefficient (Wildman–Crippen LogP) is 2.23. The summed E-state index contributed by atoms with van der Waals surface area (Å²) in [5.74, 6) is -0.355. The first-order valence-corrected chi connectivity index (χ1v) is 5.39. The van der Waals surface area contributed by atoms with E-state index in [2.05, 4.69) is 4.99 Å². The number of nitrogens with zero attached hydrogens (tertiary/aromatic N) is 1. The molecule has 4 nitrogen and oxygen atoms in total. The third-order valence-electron chi connectivity index (χ3n) is 2.45. The third-order valence-corrected chi connectivity index (χ3v) is 2.45. The van der Waals surface area contributed by atoms with Crippen LogP contribution in [0.1, 0.15) is 15.9 Å². The summed E-state index contributed by atoms with van der Waals surface area (Å²) in [7, 11) is 0. The van der Waals surface area contributed by atoms with E-state index >= 15 is 0 Å². The van der Waals surface area contributed by atoms with Crippen molar-refractivity contribution in [1.29, 1.82) is 0 Å². The molecule has 0 spiro atoms. The lowest BCUT2D eigenvalue weighted by atomic mass is 10.1. The fourth-order valence-corrected chi connectivity index (χ4v) is 1.49. The Morgan fingerprint density at radius 1 is 1.11 bits per heavy atom. The summed E-state index contributed by atoms with van der Waals surface area (Å²) in [4.78, 5) is 15.6. The number of benzene rings is 2. The standard InChI is InChI=1S/C14H12N2O2/c15-12-7-3-2-6-11(12)14(18)16-9-10-5-1-4-8-13(10)17/h1-9,17H,15H2. The van der Waals surface area contributed by atoms with E-state index in [9.17, 15) is 9.90 Å². The van der Waals surface area contributed by atoms with Crippen molar-refractivity contribution >= 4 is 17.8 Å². The van der Waals surface area contributed by atoms with Crippen LogP contribution >= 0.6 is 0 Å². The van der Waals surface area contributed by atoms with Gasteiger partial charge in [-0.2, -0.15) is 0 Å². The normalized spacial score (nSPS) is 10.7. The van der Waals surface area contributed by atoms with Gasteiger partial charge in [-0.05, 0) is 24.3 Å². The molecule has 2 rings (SSSR count). The van der Waals surface area contributed by atoms with Gasteiger partial charge in [0.1, 0.15) is 5.75 Å². The Labute approximate surface area is 104 Å². The molecule has 0 unspecified atom stereocenters. The van der Waals surface area contributed by atoms with E-state index in [0.717, 1.165) is 0 Å². The summed E-state index contributed by atoms with van der Waals surface area (Å²) in [5, 5.41) is 9.52. The van der Waals surface area contributed by atoms with Crippen LogP contribution in [0, 0.1) is 0 Å². The van der Waals surface area contributed by atoms with Crippen LogP contribution in [0.2, 0.25) is 0 Å². The number of nitrogen functional groups attached to an aromatic ring is 1. The molecule has 0 radical (unpaired) electrons. The Hall–Kier alpha value is -2.62. The first kappa shape index (κ1) is 11.9. The first-order valence-electron chi connectivity index (χ1n) is 5.39. The molecular formula is C14H12N2O2. The smallest absolute Gasteiger partial charge is 0.279 e. The Balaban J connectivity index is 2.23. The molecule has 0 saturated heterocycles. The summed E-state index contributed by atoms with van der Waals surface area (Å²) in [6.45, 7) is 0. The molecule has 3 N–H and O–H groups in total. The second kappa shape index (κ2) is 5.14. The van der Waals surface area contributed by atoms with Crippen molar-refractivity contribution in [2.75, 3.05) is 5.73 Å². The number of phenolic OH excluding ortho intramolecular Hbond substituents is 1. The fraction of sp³-hybridized carbons (Fsp3) is 0. The Morgan fingerprint density at radius 3 is 2.50 bits per heavy atom. The zero-order valence-electron chi connectivity index (χ0n) is 9.58. The van der Waals surface area contributed by atoms with Crippen LogP contribution in [0.15, 0.2) is 53.5 Å². The maximum atomic E-state index is 11.8. The molecular weight excluding hydrogens is 228 g/mol. The predicted molar refractivity (Wildman–Crippen MR) is 70.9 cm³/mol. The van der Waals surface area contributed by atoms with Gasteiger partial charge in [-0.1, -0.05) is 24.3 Å². The number of rotatable bonds is 2. The zero-order valence-corrected chi connectivity index (χ0v) is 9.58. The molecule has 0 aromatic heterocycles. The fourth-order valence-electron chi connectivity index (χ4n) is 1.49. The van der Waals surface area contributed by atoms with E-state index in [4.69, 9.17) is 5.73 Å². The topological polar surface area (TPSA) is 75.7 Å². The Morgan fingerprint density at radius 2 is 1.78 bits per heavy atom. The number of anilines is 1. The molecule has 2 aromatic rings. The number of aromatic hydroxyl groups is 1. The van der Waals surface area contributed by atoms with Gasteiger partial charge in [-0.25, -0.2) is 4.99 Å². The SMILES string of the molecule is Nc1ccccc1C(=O)N=Cc1ccccc1O. The molecule has 0 aliphatic heterocycles. The van der Waals surface area contributed by atoms with Crippen molar-refractivity contribution < 1.29 is 9.90 Å². The second-order valence-electron chi connectivity index (χ2n) is 3.71. The molecule has 0 fully saturated rings. The average molecular weight is 240 g/mol. The van der Waals surface area contributed by atoms with Gasteiger partial charge in [0, 0.05) is 17.5 Å². The quantitative estimate of drug-likeness (QED) is 0.624. The summed E-state index contributed by atoms with van der Waals surface area (Å²) >= 11 is 0. The lowest BCUT2D eigenvalue weighted by Crippen LogP contribution is -2.01. The molecule has 0 atom stereocenters. The van der Waals surface area contributed by atoms with Gasteiger partial charge in [0.2, 0.25) is 0 Å². The van der Waals surface area contributed by atoms with Gasteiger partial charge in [0.25, 0.3) is 5.91 Å². The number of carbonyl (C=O) groups is 1. The number of carbonyl (C=O) groups excluding carboxylic acids is 1. The lowest BCUT2D eigenvalue weighted by molar-refractivity contribution is 0.100. The van der Waals surface area contributed by atoms with Crippen molar-refractivity contribution in [2.45, 2.75) is 0 Å². The Kier molecular flexibility index (Phi) is 3.38.